The van der Waals surface area contributed by atoms with Gasteiger partial charge in [0.25, 0.3) is 15.7 Å². The number of nitrogens with one attached hydrogen (secondary N) is 1. The highest BCUT2D eigenvalue weighted by Crippen LogP contribution is 2.22. The van der Waals surface area contributed by atoms with E-state index < -0.39 is 20.8 Å². The fourth-order valence-electron chi connectivity index (χ4n) is 2.11. The first kappa shape index (κ1) is 18.5. The molecule has 25 heavy (non-hydrogen) atoms. The first-order valence-corrected chi connectivity index (χ1v) is 8.82. The number of hydrogen-bond donors (Lipinski definition) is 1. The molecule has 2 rings (SSSR count). The maximum atomic E-state index is 13.0. The minimum Gasteiger partial charge on any atom is -0.258 e. The number of hydrogen-bond acceptors (Lipinski definition) is 5. The van der Waals surface area contributed by atoms with Gasteiger partial charge < -0.3 is 0 Å². The summed E-state index contributed by atoms with van der Waals surface area (Å²) in [6.07, 6.45) is 0.405. The van der Waals surface area contributed by atoms with Gasteiger partial charge in [-0.15, -0.1) is 0 Å². The van der Waals surface area contributed by atoms with Crippen molar-refractivity contribution in [3.63, 3.8) is 0 Å². The van der Waals surface area contributed by atoms with Gasteiger partial charge in [-0.05, 0) is 37.1 Å². The summed E-state index contributed by atoms with van der Waals surface area (Å²) in [7, 11) is -4.07. The van der Waals surface area contributed by atoms with E-state index in [0.717, 1.165) is 6.07 Å². The summed E-state index contributed by atoms with van der Waals surface area (Å²) in [5.41, 5.74) is 1.04. The number of nitro groups is 1. The number of halogens is 1. The molecule has 0 fully saturated rings. The summed E-state index contributed by atoms with van der Waals surface area (Å²) in [6, 6.07) is 9.08. The summed E-state index contributed by atoms with van der Waals surface area (Å²) >= 11 is 0. The quantitative estimate of drug-likeness (QED) is 0.483. The second kappa shape index (κ2) is 7.39. The van der Waals surface area contributed by atoms with Crippen molar-refractivity contribution in [2.75, 3.05) is 0 Å². The highest BCUT2D eigenvalue weighted by molar-refractivity contribution is 7.89. The van der Waals surface area contributed by atoms with Crippen LogP contribution in [-0.4, -0.2) is 19.1 Å². The normalized spacial score (nSPS) is 12.0. The molecule has 0 atom stereocenters. The topological polar surface area (TPSA) is 102 Å². The van der Waals surface area contributed by atoms with E-state index >= 15 is 0 Å². The van der Waals surface area contributed by atoms with E-state index in [1.54, 1.807) is 6.92 Å². The average Bonchev–Trinajstić information content (AvgIpc) is 2.56. The largest absolute Gasteiger partial charge is 0.276 e. The number of hydrazone groups is 1. The van der Waals surface area contributed by atoms with Crippen LogP contribution in [0.1, 0.15) is 24.5 Å². The van der Waals surface area contributed by atoms with Crippen molar-refractivity contribution in [3.05, 3.63) is 69.5 Å². The third kappa shape index (κ3) is 4.38. The molecule has 2 aromatic carbocycles. The van der Waals surface area contributed by atoms with Crippen molar-refractivity contribution in [1.82, 2.24) is 4.83 Å². The lowest BCUT2D eigenvalue weighted by atomic mass is 10.1. The molecule has 0 heterocycles. The molecule has 0 saturated carbocycles. The van der Waals surface area contributed by atoms with Gasteiger partial charge in [0.1, 0.15) is 5.82 Å². The van der Waals surface area contributed by atoms with Crippen LogP contribution in [0.2, 0.25) is 0 Å². The Morgan fingerprint density at radius 3 is 2.44 bits per heavy atom. The molecule has 0 spiro atoms. The van der Waals surface area contributed by atoms with Gasteiger partial charge in [0.2, 0.25) is 0 Å². The van der Waals surface area contributed by atoms with Crippen molar-refractivity contribution < 1.29 is 17.7 Å². The first-order valence-electron chi connectivity index (χ1n) is 7.34. The Kier molecular flexibility index (Phi) is 5.48. The lowest BCUT2D eigenvalue weighted by Gasteiger charge is -2.08. The molecule has 0 aromatic heterocycles. The van der Waals surface area contributed by atoms with Crippen molar-refractivity contribution in [3.8, 4) is 0 Å². The summed E-state index contributed by atoms with van der Waals surface area (Å²) in [6.45, 7) is 3.29. The summed E-state index contributed by atoms with van der Waals surface area (Å²) in [5.74, 6) is -0.410. The molecule has 132 valence electrons. The van der Waals surface area contributed by atoms with E-state index in [1.165, 1.54) is 43.3 Å². The molecule has 0 aliphatic rings. The minimum atomic E-state index is -4.07. The molecule has 7 nitrogen and oxygen atoms in total. The third-order valence-corrected chi connectivity index (χ3v) is 4.71. The van der Waals surface area contributed by atoms with Crippen LogP contribution >= 0.6 is 0 Å². The number of sulfonamides is 1. The van der Waals surface area contributed by atoms with Gasteiger partial charge >= 0.3 is 0 Å². The molecule has 2 aromatic rings. The summed E-state index contributed by atoms with van der Waals surface area (Å²) in [5, 5.41) is 14.8. The van der Waals surface area contributed by atoms with E-state index in [-0.39, 0.29) is 10.6 Å². The molecular formula is C16H16FN3O4S. The Balaban J connectivity index is 2.33. The standard InChI is InChI=1S/C16H16FN3O4S/c1-3-15(12-5-7-13(17)8-6-12)18-19-25(23,24)14-9-4-11(2)16(10-14)20(21)22/h4-10,19H,3H2,1-2H3/b18-15-. The van der Waals surface area contributed by atoms with Crippen molar-refractivity contribution in [1.29, 1.82) is 0 Å². The Labute approximate surface area is 144 Å². The summed E-state index contributed by atoms with van der Waals surface area (Å²) in [4.78, 5) is 12.1. The second-order valence-electron chi connectivity index (χ2n) is 5.22. The Morgan fingerprint density at radius 2 is 1.88 bits per heavy atom. The summed E-state index contributed by atoms with van der Waals surface area (Å²) < 4.78 is 37.6. The lowest BCUT2D eigenvalue weighted by Crippen LogP contribution is -2.20. The maximum Gasteiger partial charge on any atom is 0.276 e. The van der Waals surface area contributed by atoms with Crippen molar-refractivity contribution in [2.24, 2.45) is 5.10 Å². The van der Waals surface area contributed by atoms with Gasteiger partial charge in [-0.2, -0.15) is 18.4 Å². The molecule has 1 N–H and O–H groups in total. The van der Waals surface area contributed by atoms with E-state index in [4.69, 9.17) is 0 Å². The van der Waals surface area contributed by atoms with Gasteiger partial charge in [0.05, 0.1) is 15.5 Å². The fraction of sp³-hybridized carbons (Fsp3) is 0.188. The number of rotatable bonds is 6. The van der Waals surface area contributed by atoms with Crippen LogP contribution in [0.15, 0.2) is 52.5 Å². The predicted octanol–water partition coefficient (Wildman–Crippen LogP) is 3.13. The number of benzene rings is 2. The molecule has 0 aliphatic carbocycles. The molecular weight excluding hydrogens is 349 g/mol. The molecule has 9 heteroatoms. The van der Waals surface area contributed by atoms with E-state index in [2.05, 4.69) is 9.93 Å². The van der Waals surface area contributed by atoms with E-state index in [0.29, 0.717) is 23.3 Å². The van der Waals surface area contributed by atoms with Crippen LogP contribution in [0, 0.1) is 22.9 Å². The van der Waals surface area contributed by atoms with Gasteiger partial charge in [-0.3, -0.25) is 10.1 Å². The van der Waals surface area contributed by atoms with Gasteiger partial charge in [0, 0.05) is 11.6 Å². The van der Waals surface area contributed by atoms with Gasteiger partial charge in [-0.25, -0.2) is 4.39 Å². The monoisotopic (exact) mass is 365 g/mol. The van der Waals surface area contributed by atoms with Crippen molar-refractivity contribution >= 4 is 21.4 Å². The zero-order chi connectivity index (χ0) is 18.6. The first-order chi connectivity index (χ1) is 11.7. The van der Waals surface area contributed by atoms with Crippen LogP contribution in [0.25, 0.3) is 0 Å². The third-order valence-electron chi connectivity index (χ3n) is 3.50. The molecule has 0 saturated heterocycles. The van der Waals surface area contributed by atoms with E-state index in [1.807, 2.05) is 0 Å². The Bertz CT molecular complexity index is 925. The maximum absolute atomic E-state index is 13.0. The van der Waals surface area contributed by atoms with E-state index in [9.17, 15) is 22.9 Å². The highest BCUT2D eigenvalue weighted by Gasteiger charge is 2.19. The van der Waals surface area contributed by atoms with Gasteiger partial charge in [-0.1, -0.05) is 25.1 Å². The number of nitrogens with zero attached hydrogens (tertiary/aromatic N) is 2. The lowest BCUT2D eigenvalue weighted by molar-refractivity contribution is -0.385. The Morgan fingerprint density at radius 1 is 1.24 bits per heavy atom. The average molecular weight is 365 g/mol. The van der Waals surface area contributed by atoms with Gasteiger partial charge in [0.15, 0.2) is 0 Å². The molecule has 0 radical (unpaired) electrons. The zero-order valence-electron chi connectivity index (χ0n) is 13.6. The Hall–Kier alpha value is -2.81. The number of nitro benzene ring substituents is 1. The number of aryl methyl sites for hydroxylation is 1. The minimum absolute atomic E-state index is 0.261. The molecule has 0 amide bonds. The second-order valence-corrected chi connectivity index (χ2v) is 6.88. The predicted molar refractivity (Wildman–Crippen MR) is 91.4 cm³/mol. The van der Waals surface area contributed by atoms with Crippen LogP contribution in [-0.2, 0) is 10.0 Å². The van der Waals surface area contributed by atoms with Crippen molar-refractivity contribution in [2.45, 2.75) is 25.2 Å². The molecule has 0 aliphatic heterocycles. The smallest absolute Gasteiger partial charge is 0.258 e. The van der Waals surface area contributed by atoms with Crippen LogP contribution in [0.3, 0.4) is 0 Å². The van der Waals surface area contributed by atoms with Crippen LogP contribution < -0.4 is 4.83 Å². The SMILES string of the molecule is CC/C(=N/NS(=O)(=O)c1ccc(C)c([N+](=O)[O-])c1)c1ccc(F)cc1. The van der Waals surface area contributed by atoms with Crippen LogP contribution in [0.4, 0.5) is 10.1 Å². The molecule has 0 bridgehead atoms. The highest BCUT2D eigenvalue weighted by atomic mass is 32.2. The zero-order valence-corrected chi connectivity index (χ0v) is 14.4. The van der Waals surface area contributed by atoms with Crippen LogP contribution in [0.5, 0.6) is 0 Å². The fourth-order valence-corrected chi connectivity index (χ4v) is 2.96. The molecule has 0 unspecified atom stereocenters.